The van der Waals surface area contributed by atoms with Gasteiger partial charge in [-0.15, -0.1) is 0 Å². The highest BCUT2D eigenvalue weighted by Crippen LogP contribution is 2.33. The third-order valence-electron chi connectivity index (χ3n) is 8.21. The Balaban J connectivity index is 1.15. The summed E-state index contributed by atoms with van der Waals surface area (Å²) in [4.78, 5) is 58.1. The Morgan fingerprint density at radius 1 is 0.634 bits per heavy atom. The highest BCUT2D eigenvalue weighted by Gasteiger charge is 2.34. The minimum Gasteiger partial charge on any atom is -0.379 e. The van der Waals surface area contributed by atoms with E-state index in [0.717, 1.165) is 29.4 Å². The molecule has 0 radical (unpaired) electrons. The fourth-order valence-electron chi connectivity index (χ4n) is 6.11. The molecule has 7 rings (SSSR count). The van der Waals surface area contributed by atoms with Crippen molar-refractivity contribution >= 4 is 51.2 Å². The molecular formula is C33H27N3O5. The van der Waals surface area contributed by atoms with Crippen LogP contribution >= 0.6 is 0 Å². The van der Waals surface area contributed by atoms with Crippen molar-refractivity contribution in [2.45, 2.75) is 0 Å². The molecule has 0 unspecified atom stereocenters. The number of ether oxygens (including phenoxy) is 1. The van der Waals surface area contributed by atoms with Gasteiger partial charge in [0.15, 0.2) is 0 Å². The van der Waals surface area contributed by atoms with Crippen molar-refractivity contribution < 1.29 is 23.9 Å². The van der Waals surface area contributed by atoms with Crippen LogP contribution in [0.4, 0.5) is 0 Å². The molecule has 3 heterocycles. The molecular weight excluding hydrogens is 518 g/mol. The number of hydrogen-bond donors (Lipinski definition) is 0. The van der Waals surface area contributed by atoms with E-state index in [1.54, 1.807) is 30.3 Å². The number of imide groups is 2. The number of carbonyl (C=O) groups excluding carboxylic acids is 4. The summed E-state index contributed by atoms with van der Waals surface area (Å²) in [6.07, 6.45) is 3.61. The van der Waals surface area contributed by atoms with Crippen molar-refractivity contribution in [2.75, 3.05) is 45.9 Å². The summed E-state index contributed by atoms with van der Waals surface area (Å²) in [6, 6.07) is 20.0. The van der Waals surface area contributed by atoms with Gasteiger partial charge in [-0.3, -0.25) is 33.9 Å². The number of rotatable bonds is 6. The molecule has 0 aromatic heterocycles. The molecule has 0 aliphatic carbocycles. The number of morpholine rings is 1. The van der Waals surface area contributed by atoms with E-state index in [9.17, 15) is 19.2 Å². The molecule has 0 bridgehead atoms. The van der Waals surface area contributed by atoms with Crippen LogP contribution in [-0.2, 0) is 4.74 Å². The third-order valence-corrected chi connectivity index (χ3v) is 8.21. The summed E-state index contributed by atoms with van der Waals surface area (Å²) < 4.78 is 5.40. The number of hydrogen-bond acceptors (Lipinski definition) is 6. The Morgan fingerprint density at radius 3 is 1.90 bits per heavy atom. The monoisotopic (exact) mass is 545 g/mol. The summed E-state index contributed by atoms with van der Waals surface area (Å²) in [5.74, 6) is -1.23. The maximum absolute atomic E-state index is 13.4. The number of nitrogens with zero attached hydrogens (tertiary/aromatic N) is 3. The average molecular weight is 546 g/mol. The second-order valence-electron chi connectivity index (χ2n) is 10.5. The standard InChI is InChI=1S/C33H27N3O5/c37-30-24-9-1-5-22-6-2-10-25(28(22)24)31(38)35(30)14-4-7-21-12-13-27-29-23(21)8-3-11-26(29)32(39)36(33(27)40)16-15-34-17-19-41-20-18-34/h1-13H,14-20H2/b7-4+. The highest BCUT2D eigenvalue weighted by molar-refractivity contribution is 6.27. The molecule has 204 valence electrons. The van der Waals surface area contributed by atoms with Gasteiger partial charge in [0, 0.05) is 65.8 Å². The van der Waals surface area contributed by atoms with Crippen LogP contribution in [0.25, 0.3) is 27.6 Å². The van der Waals surface area contributed by atoms with Gasteiger partial charge < -0.3 is 4.74 Å². The van der Waals surface area contributed by atoms with Crippen molar-refractivity contribution in [3.63, 3.8) is 0 Å². The summed E-state index contributed by atoms with van der Waals surface area (Å²) in [5.41, 5.74) is 2.83. The number of amides is 4. The summed E-state index contributed by atoms with van der Waals surface area (Å²) >= 11 is 0. The maximum Gasteiger partial charge on any atom is 0.261 e. The number of benzene rings is 4. The molecule has 4 amide bonds. The van der Waals surface area contributed by atoms with Crippen LogP contribution in [0.3, 0.4) is 0 Å². The fourth-order valence-corrected chi connectivity index (χ4v) is 6.11. The van der Waals surface area contributed by atoms with Crippen molar-refractivity contribution in [1.29, 1.82) is 0 Å². The fraction of sp³-hybridized carbons (Fsp3) is 0.212. The lowest BCUT2D eigenvalue weighted by Crippen LogP contribution is -2.46. The van der Waals surface area contributed by atoms with Crippen LogP contribution in [0, 0.1) is 0 Å². The van der Waals surface area contributed by atoms with E-state index < -0.39 is 0 Å². The first-order valence-corrected chi connectivity index (χ1v) is 13.8. The molecule has 1 fully saturated rings. The van der Waals surface area contributed by atoms with E-state index in [1.165, 1.54) is 9.80 Å². The van der Waals surface area contributed by atoms with Crippen LogP contribution in [0.1, 0.15) is 47.0 Å². The minimum atomic E-state index is -0.325. The first kappa shape index (κ1) is 25.3. The normalized spacial score (nSPS) is 17.5. The Labute approximate surface area is 236 Å². The van der Waals surface area contributed by atoms with Crippen molar-refractivity contribution in [3.05, 3.63) is 101 Å². The van der Waals surface area contributed by atoms with Crippen LogP contribution in [0.15, 0.2) is 72.8 Å². The van der Waals surface area contributed by atoms with E-state index in [1.807, 2.05) is 48.5 Å². The van der Waals surface area contributed by atoms with Gasteiger partial charge in [-0.1, -0.05) is 54.6 Å². The molecule has 4 aromatic carbocycles. The summed E-state index contributed by atoms with van der Waals surface area (Å²) in [7, 11) is 0. The van der Waals surface area contributed by atoms with Gasteiger partial charge in [0.1, 0.15) is 0 Å². The SMILES string of the molecule is O=C1c2cccc3cccc(c23)C(=O)N1C/C=C/c1ccc2c3c(cccc13)C(=O)N(CCN1CCOCC1)C2=O. The lowest BCUT2D eigenvalue weighted by Gasteiger charge is -2.31. The lowest BCUT2D eigenvalue weighted by atomic mass is 9.91. The molecule has 0 N–H and O–H groups in total. The van der Waals surface area contributed by atoms with Gasteiger partial charge in [-0.05, 0) is 40.6 Å². The largest absolute Gasteiger partial charge is 0.379 e. The molecule has 0 spiro atoms. The van der Waals surface area contributed by atoms with Crippen molar-refractivity contribution in [2.24, 2.45) is 0 Å². The first-order chi connectivity index (χ1) is 20.0. The Hall–Kier alpha value is -4.66. The first-order valence-electron chi connectivity index (χ1n) is 13.8. The maximum atomic E-state index is 13.4. The van der Waals surface area contributed by atoms with Crippen LogP contribution in [0.2, 0.25) is 0 Å². The molecule has 3 aliphatic rings. The quantitative estimate of drug-likeness (QED) is 0.337. The zero-order valence-corrected chi connectivity index (χ0v) is 22.3. The van der Waals surface area contributed by atoms with E-state index >= 15 is 0 Å². The topological polar surface area (TPSA) is 87.2 Å². The van der Waals surface area contributed by atoms with E-state index in [0.29, 0.717) is 59.3 Å². The molecule has 1 saturated heterocycles. The molecule has 8 nitrogen and oxygen atoms in total. The van der Waals surface area contributed by atoms with Crippen LogP contribution in [-0.4, -0.2) is 84.3 Å². The smallest absolute Gasteiger partial charge is 0.261 e. The molecule has 0 atom stereocenters. The minimum absolute atomic E-state index is 0.0957. The summed E-state index contributed by atoms with van der Waals surface area (Å²) in [5, 5.41) is 2.97. The Morgan fingerprint density at radius 2 is 1.22 bits per heavy atom. The van der Waals surface area contributed by atoms with Crippen molar-refractivity contribution in [3.8, 4) is 0 Å². The Bertz CT molecular complexity index is 1730. The van der Waals surface area contributed by atoms with E-state index in [-0.39, 0.29) is 30.2 Å². The second kappa shape index (κ2) is 10.1. The molecule has 0 saturated carbocycles. The van der Waals surface area contributed by atoms with Gasteiger partial charge in [0.2, 0.25) is 0 Å². The van der Waals surface area contributed by atoms with Crippen LogP contribution in [0.5, 0.6) is 0 Å². The van der Waals surface area contributed by atoms with Gasteiger partial charge in [-0.25, -0.2) is 0 Å². The van der Waals surface area contributed by atoms with Gasteiger partial charge in [-0.2, -0.15) is 0 Å². The zero-order valence-electron chi connectivity index (χ0n) is 22.3. The summed E-state index contributed by atoms with van der Waals surface area (Å²) in [6.45, 7) is 3.92. The lowest BCUT2D eigenvalue weighted by molar-refractivity contribution is 0.0316. The van der Waals surface area contributed by atoms with Gasteiger partial charge in [0.05, 0.1) is 13.2 Å². The predicted octanol–water partition coefficient (Wildman–Crippen LogP) is 4.23. The predicted molar refractivity (Wildman–Crippen MR) is 155 cm³/mol. The van der Waals surface area contributed by atoms with Gasteiger partial charge >= 0.3 is 0 Å². The molecule has 41 heavy (non-hydrogen) atoms. The molecule has 4 aromatic rings. The number of carbonyl (C=O) groups is 4. The Kier molecular flexibility index (Phi) is 6.22. The second-order valence-corrected chi connectivity index (χ2v) is 10.5. The van der Waals surface area contributed by atoms with E-state index in [2.05, 4.69) is 4.90 Å². The van der Waals surface area contributed by atoms with Crippen LogP contribution < -0.4 is 0 Å². The zero-order chi connectivity index (χ0) is 28.1. The molecule has 8 heteroatoms. The third kappa shape index (κ3) is 4.15. The highest BCUT2D eigenvalue weighted by atomic mass is 16.5. The van der Waals surface area contributed by atoms with Gasteiger partial charge in [0.25, 0.3) is 23.6 Å². The average Bonchev–Trinajstić information content (AvgIpc) is 3.01. The van der Waals surface area contributed by atoms with Crippen molar-refractivity contribution in [1.82, 2.24) is 14.7 Å². The van der Waals surface area contributed by atoms with E-state index in [4.69, 9.17) is 4.74 Å². The molecule has 3 aliphatic heterocycles.